The van der Waals surface area contributed by atoms with E-state index in [2.05, 4.69) is 22.2 Å². The first-order valence-electron chi connectivity index (χ1n) is 14.6. The fourth-order valence-electron chi connectivity index (χ4n) is 4.37. The van der Waals surface area contributed by atoms with Crippen LogP contribution in [0.15, 0.2) is 55.1 Å². The SMILES string of the molecule is C=Cc1cc(C(=O)Nc2ccc(C)cc2)c(-c2ccc(C(=O)NCC3CC3)nc2C(=O)OC(C)OC(=O)OC(C)C)cc1OC. The maximum Gasteiger partial charge on any atom is 0.511 e. The summed E-state index contributed by atoms with van der Waals surface area (Å²) in [5, 5.41) is 5.71. The Bertz CT molecular complexity index is 1600. The highest BCUT2D eigenvalue weighted by Crippen LogP contribution is 2.35. The van der Waals surface area contributed by atoms with Gasteiger partial charge in [-0.1, -0.05) is 30.4 Å². The summed E-state index contributed by atoms with van der Waals surface area (Å²) >= 11 is 0. The van der Waals surface area contributed by atoms with Gasteiger partial charge in [-0.2, -0.15) is 0 Å². The number of nitrogens with one attached hydrogen (secondary N) is 2. The highest BCUT2D eigenvalue weighted by molar-refractivity contribution is 6.11. The Labute approximate surface area is 261 Å². The van der Waals surface area contributed by atoms with Crippen LogP contribution in [0.4, 0.5) is 10.5 Å². The van der Waals surface area contributed by atoms with E-state index in [-0.39, 0.29) is 28.1 Å². The summed E-state index contributed by atoms with van der Waals surface area (Å²) in [4.78, 5) is 56.6. The van der Waals surface area contributed by atoms with Crippen LogP contribution in [0.5, 0.6) is 5.75 Å². The number of hydrogen-bond donors (Lipinski definition) is 2. The lowest BCUT2D eigenvalue weighted by Gasteiger charge is -2.18. The van der Waals surface area contributed by atoms with Gasteiger partial charge in [0.15, 0.2) is 5.69 Å². The molecule has 1 aliphatic carbocycles. The molecule has 11 heteroatoms. The standard InChI is InChI=1S/C34H37N3O8/c1-7-23-16-27(31(38)36-24-12-8-20(4)9-13-24)26(17-29(23)42-6)25-14-15-28(32(39)35-18-22-10-11-22)37-30(25)33(40)44-21(5)45-34(41)43-19(2)3/h7-9,12-17,19,21-22H,1,10-11,18H2,2-6H3,(H,35,39)(H,36,38). The number of carbonyl (C=O) groups excluding carboxylic acids is 4. The Balaban J connectivity index is 1.78. The molecule has 0 spiro atoms. The third kappa shape index (κ3) is 8.69. The maximum absolute atomic E-state index is 13.7. The summed E-state index contributed by atoms with van der Waals surface area (Å²) in [6.07, 6.45) is 0.798. The molecule has 1 atom stereocenters. The van der Waals surface area contributed by atoms with Crippen molar-refractivity contribution in [1.29, 1.82) is 0 Å². The molecule has 3 aromatic rings. The van der Waals surface area contributed by atoms with Crippen molar-refractivity contribution in [2.75, 3.05) is 19.0 Å². The molecule has 0 radical (unpaired) electrons. The molecule has 4 rings (SSSR count). The van der Waals surface area contributed by atoms with E-state index < -0.39 is 36.3 Å². The van der Waals surface area contributed by atoms with Gasteiger partial charge in [0, 0.05) is 41.4 Å². The largest absolute Gasteiger partial charge is 0.511 e. The van der Waals surface area contributed by atoms with Crippen LogP contribution >= 0.6 is 0 Å². The lowest BCUT2D eigenvalue weighted by atomic mass is 9.94. The van der Waals surface area contributed by atoms with Gasteiger partial charge in [-0.15, -0.1) is 0 Å². The number of ether oxygens (including phenoxy) is 4. The number of anilines is 1. The molecule has 0 saturated heterocycles. The summed E-state index contributed by atoms with van der Waals surface area (Å²) in [6, 6.07) is 13.4. The van der Waals surface area contributed by atoms with Gasteiger partial charge in [0.1, 0.15) is 11.4 Å². The third-order valence-electron chi connectivity index (χ3n) is 6.87. The molecule has 1 fully saturated rings. The highest BCUT2D eigenvalue weighted by Gasteiger charge is 2.28. The van der Waals surface area contributed by atoms with E-state index in [1.807, 2.05) is 19.1 Å². The van der Waals surface area contributed by atoms with Gasteiger partial charge >= 0.3 is 12.1 Å². The molecule has 1 unspecified atom stereocenters. The average Bonchev–Trinajstić information content (AvgIpc) is 3.84. The Kier molecular flexibility index (Phi) is 10.6. The normalized spacial score (nSPS) is 12.9. The number of aromatic nitrogens is 1. The van der Waals surface area contributed by atoms with Crippen LogP contribution in [-0.4, -0.2) is 55.0 Å². The van der Waals surface area contributed by atoms with Crippen LogP contribution in [0, 0.1) is 12.8 Å². The smallest absolute Gasteiger partial charge is 0.496 e. The number of esters is 1. The number of pyridine rings is 1. The number of rotatable bonds is 12. The number of hydrogen-bond acceptors (Lipinski definition) is 9. The van der Waals surface area contributed by atoms with Crippen LogP contribution in [0.3, 0.4) is 0 Å². The summed E-state index contributed by atoms with van der Waals surface area (Å²) < 4.78 is 21.0. The zero-order chi connectivity index (χ0) is 32.7. The van der Waals surface area contributed by atoms with Crippen LogP contribution in [0.2, 0.25) is 0 Å². The second-order valence-corrected chi connectivity index (χ2v) is 10.9. The number of methoxy groups -OCH3 is 1. The van der Waals surface area contributed by atoms with Gasteiger partial charge < -0.3 is 29.6 Å². The number of amides is 2. The van der Waals surface area contributed by atoms with Crippen molar-refractivity contribution in [3.63, 3.8) is 0 Å². The van der Waals surface area contributed by atoms with Crippen molar-refractivity contribution in [1.82, 2.24) is 10.3 Å². The third-order valence-corrected chi connectivity index (χ3v) is 6.87. The molecule has 2 aromatic carbocycles. The van der Waals surface area contributed by atoms with Crippen LogP contribution in [0.25, 0.3) is 17.2 Å². The Hall–Kier alpha value is -5.19. The number of aryl methyl sites for hydroxylation is 1. The van der Waals surface area contributed by atoms with E-state index in [1.165, 1.54) is 26.2 Å². The first-order valence-corrected chi connectivity index (χ1v) is 14.6. The van der Waals surface area contributed by atoms with Crippen LogP contribution in [0.1, 0.15) is 76.1 Å². The van der Waals surface area contributed by atoms with E-state index in [0.29, 0.717) is 29.5 Å². The molecule has 1 aromatic heterocycles. The second-order valence-electron chi connectivity index (χ2n) is 10.9. The molecule has 11 nitrogen and oxygen atoms in total. The minimum atomic E-state index is -1.35. The molecule has 0 aliphatic heterocycles. The Morgan fingerprint density at radius 1 is 0.956 bits per heavy atom. The average molecular weight is 616 g/mol. The molecule has 2 amide bonds. The summed E-state index contributed by atoms with van der Waals surface area (Å²) in [7, 11) is 1.47. The predicted octanol–water partition coefficient (Wildman–Crippen LogP) is 6.17. The molecular weight excluding hydrogens is 578 g/mol. The highest BCUT2D eigenvalue weighted by atomic mass is 16.8. The topological polar surface area (TPSA) is 142 Å². The monoisotopic (exact) mass is 615 g/mol. The predicted molar refractivity (Wildman–Crippen MR) is 168 cm³/mol. The molecule has 1 aliphatic rings. The van der Waals surface area contributed by atoms with Crippen LogP contribution < -0.4 is 15.4 Å². The Morgan fingerprint density at radius 2 is 1.67 bits per heavy atom. The lowest BCUT2D eigenvalue weighted by Crippen LogP contribution is -2.28. The van der Waals surface area contributed by atoms with Crippen molar-refractivity contribution in [2.45, 2.75) is 52.9 Å². The number of benzene rings is 2. The molecule has 2 N–H and O–H groups in total. The van der Waals surface area contributed by atoms with Crippen molar-refractivity contribution in [3.05, 3.63) is 83.2 Å². The summed E-state index contributed by atoms with van der Waals surface area (Å²) in [5.74, 6) is -1.14. The van der Waals surface area contributed by atoms with Gasteiger partial charge in [-0.25, -0.2) is 14.6 Å². The van der Waals surface area contributed by atoms with Crippen molar-refractivity contribution >= 4 is 35.7 Å². The van der Waals surface area contributed by atoms with E-state index >= 15 is 0 Å². The fourth-order valence-corrected chi connectivity index (χ4v) is 4.37. The van der Waals surface area contributed by atoms with Gasteiger partial charge in [-0.05, 0) is 75.9 Å². The van der Waals surface area contributed by atoms with Crippen molar-refractivity contribution in [2.24, 2.45) is 5.92 Å². The van der Waals surface area contributed by atoms with E-state index in [9.17, 15) is 19.2 Å². The molecule has 45 heavy (non-hydrogen) atoms. The van der Waals surface area contributed by atoms with Gasteiger partial charge in [0.25, 0.3) is 11.8 Å². The minimum absolute atomic E-state index is 0.0283. The van der Waals surface area contributed by atoms with Crippen LogP contribution in [-0.2, 0) is 14.2 Å². The summed E-state index contributed by atoms with van der Waals surface area (Å²) in [6.45, 7) is 10.9. The van der Waals surface area contributed by atoms with Gasteiger partial charge in [0.05, 0.1) is 13.2 Å². The number of nitrogens with zero attached hydrogens (tertiary/aromatic N) is 1. The van der Waals surface area contributed by atoms with E-state index in [1.54, 1.807) is 44.2 Å². The van der Waals surface area contributed by atoms with Crippen molar-refractivity contribution < 1.29 is 38.1 Å². The van der Waals surface area contributed by atoms with E-state index in [4.69, 9.17) is 18.9 Å². The molecule has 1 saturated carbocycles. The minimum Gasteiger partial charge on any atom is -0.496 e. The first kappa shape index (κ1) is 32.7. The maximum atomic E-state index is 13.7. The first-order chi connectivity index (χ1) is 21.5. The molecule has 1 heterocycles. The quantitative estimate of drug-likeness (QED) is 0.181. The molecular formula is C34H37N3O8. The fraction of sp³-hybridized carbons (Fsp3) is 0.324. The summed E-state index contributed by atoms with van der Waals surface area (Å²) in [5.41, 5.74) is 2.45. The van der Waals surface area contributed by atoms with Gasteiger partial charge in [-0.3, -0.25) is 9.59 Å². The zero-order valence-corrected chi connectivity index (χ0v) is 26.0. The lowest BCUT2D eigenvalue weighted by molar-refractivity contribution is -0.0868. The second kappa shape index (κ2) is 14.5. The molecule has 236 valence electrons. The molecule has 0 bridgehead atoms. The number of carbonyl (C=O) groups is 4. The Morgan fingerprint density at radius 3 is 2.29 bits per heavy atom. The zero-order valence-electron chi connectivity index (χ0n) is 26.0. The van der Waals surface area contributed by atoms with Crippen molar-refractivity contribution in [3.8, 4) is 16.9 Å². The van der Waals surface area contributed by atoms with E-state index in [0.717, 1.165) is 18.4 Å². The van der Waals surface area contributed by atoms with Gasteiger partial charge in [0.2, 0.25) is 6.29 Å².